The molecule has 1 N–H and O–H groups in total. The second-order valence-electron chi connectivity index (χ2n) is 6.82. The molecule has 0 radical (unpaired) electrons. The first-order chi connectivity index (χ1) is 12.6. The van der Waals surface area contributed by atoms with Crippen molar-refractivity contribution in [3.63, 3.8) is 0 Å². The first-order valence-corrected chi connectivity index (χ1v) is 9.29. The van der Waals surface area contributed by atoms with Gasteiger partial charge >= 0.3 is 0 Å². The molecular weight excluding hydrogens is 340 g/mol. The maximum absolute atomic E-state index is 5.65. The average molecular weight is 363 g/mol. The minimum atomic E-state index is 0.0396. The summed E-state index contributed by atoms with van der Waals surface area (Å²) in [6.45, 7) is 4.35. The summed E-state index contributed by atoms with van der Waals surface area (Å²) in [5.41, 5.74) is 3.39. The van der Waals surface area contributed by atoms with E-state index in [2.05, 4.69) is 82.4 Å². The van der Waals surface area contributed by atoms with Gasteiger partial charge in [0.25, 0.3) is 0 Å². The lowest BCUT2D eigenvalue weighted by Gasteiger charge is -2.30. The van der Waals surface area contributed by atoms with Crippen LogP contribution in [0.1, 0.15) is 37.2 Å². The first-order valence-electron chi connectivity index (χ1n) is 8.88. The highest BCUT2D eigenvalue weighted by molar-refractivity contribution is 7.80. The number of hydrogen-bond donors (Lipinski definition) is 1. The molecule has 3 aromatic rings. The van der Waals surface area contributed by atoms with Gasteiger partial charge in [-0.3, -0.25) is 4.98 Å². The molecule has 2 aromatic heterocycles. The van der Waals surface area contributed by atoms with Crippen molar-refractivity contribution in [1.29, 1.82) is 0 Å². The van der Waals surface area contributed by atoms with Crippen molar-refractivity contribution in [2.45, 2.75) is 32.0 Å². The number of benzene rings is 1. The SMILES string of the molecule is CC(C)N1C(=S)N[C@H](c2ccccn2)[C@@H]1c1ccn(-c2ccccc2)c1. The summed E-state index contributed by atoms with van der Waals surface area (Å²) in [5.74, 6) is 0. The second kappa shape index (κ2) is 6.92. The number of pyridine rings is 1. The predicted octanol–water partition coefficient (Wildman–Crippen LogP) is 4.25. The van der Waals surface area contributed by atoms with E-state index in [-0.39, 0.29) is 12.1 Å². The van der Waals surface area contributed by atoms with Crippen LogP contribution < -0.4 is 5.32 Å². The van der Waals surface area contributed by atoms with Crippen LogP contribution in [0.4, 0.5) is 0 Å². The van der Waals surface area contributed by atoms with E-state index in [9.17, 15) is 0 Å². The fourth-order valence-electron chi connectivity index (χ4n) is 3.63. The van der Waals surface area contributed by atoms with Gasteiger partial charge in [0.1, 0.15) is 0 Å². The van der Waals surface area contributed by atoms with Gasteiger partial charge < -0.3 is 14.8 Å². The van der Waals surface area contributed by atoms with Gasteiger partial charge in [-0.1, -0.05) is 24.3 Å². The summed E-state index contributed by atoms with van der Waals surface area (Å²) >= 11 is 5.65. The highest BCUT2D eigenvalue weighted by atomic mass is 32.1. The van der Waals surface area contributed by atoms with Gasteiger partial charge in [-0.2, -0.15) is 0 Å². The fourth-order valence-corrected chi connectivity index (χ4v) is 4.08. The van der Waals surface area contributed by atoms with E-state index in [1.807, 2.05) is 24.4 Å². The molecule has 4 nitrogen and oxygen atoms in total. The molecule has 0 spiro atoms. The van der Waals surface area contributed by atoms with Crippen molar-refractivity contribution >= 4 is 17.3 Å². The predicted molar refractivity (Wildman–Crippen MR) is 108 cm³/mol. The molecule has 0 unspecified atom stereocenters. The summed E-state index contributed by atoms with van der Waals surface area (Å²) < 4.78 is 2.16. The van der Waals surface area contributed by atoms with Crippen molar-refractivity contribution in [3.05, 3.63) is 84.4 Å². The Morgan fingerprint density at radius 1 is 1.04 bits per heavy atom. The molecule has 0 saturated carbocycles. The molecule has 0 bridgehead atoms. The Labute approximate surface area is 159 Å². The zero-order chi connectivity index (χ0) is 18.1. The number of aromatic nitrogens is 2. The van der Waals surface area contributed by atoms with Crippen molar-refractivity contribution in [2.75, 3.05) is 0 Å². The number of thiocarbonyl (C=S) groups is 1. The lowest BCUT2D eigenvalue weighted by Crippen LogP contribution is -2.35. The van der Waals surface area contributed by atoms with Crippen molar-refractivity contribution < 1.29 is 0 Å². The van der Waals surface area contributed by atoms with Crippen molar-refractivity contribution in [1.82, 2.24) is 19.8 Å². The molecule has 0 aliphatic carbocycles. The first kappa shape index (κ1) is 16.8. The average Bonchev–Trinajstić information content (AvgIpc) is 3.27. The van der Waals surface area contributed by atoms with Crippen LogP contribution in [-0.4, -0.2) is 25.6 Å². The van der Waals surface area contributed by atoms with Crippen LogP contribution in [0.15, 0.2) is 73.2 Å². The van der Waals surface area contributed by atoms with E-state index in [1.54, 1.807) is 0 Å². The van der Waals surface area contributed by atoms with Crippen molar-refractivity contribution in [2.24, 2.45) is 0 Å². The van der Waals surface area contributed by atoms with Gasteiger partial charge in [-0.25, -0.2) is 0 Å². The highest BCUT2D eigenvalue weighted by Crippen LogP contribution is 2.40. The fraction of sp³-hybridized carbons (Fsp3) is 0.238. The minimum absolute atomic E-state index is 0.0396. The number of hydrogen-bond acceptors (Lipinski definition) is 2. The van der Waals surface area contributed by atoms with E-state index in [4.69, 9.17) is 12.2 Å². The van der Waals surface area contributed by atoms with Gasteiger partial charge in [0, 0.05) is 30.3 Å². The van der Waals surface area contributed by atoms with Crippen LogP contribution in [0.5, 0.6) is 0 Å². The number of para-hydroxylation sites is 1. The molecular formula is C21H22N4S. The third-order valence-electron chi connectivity index (χ3n) is 4.80. The Morgan fingerprint density at radius 3 is 2.50 bits per heavy atom. The molecule has 1 aliphatic rings. The molecule has 4 rings (SSSR count). The van der Waals surface area contributed by atoms with Crippen LogP contribution in [0, 0.1) is 0 Å². The molecule has 3 heterocycles. The Bertz CT molecular complexity index is 889. The van der Waals surface area contributed by atoms with Gasteiger partial charge in [-0.05, 0) is 62.0 Å². The topological polar surface area (TPSA) is 33.1 Å². The second-order valence-corrected chi connectivity index (χ2v) is 7.20. The molecule has 5 heteroatoms. The summed E-state index contributed by atoms with van der Waals surface area (Å²) in [6, 6.07) is 19.0. The Hall–Kier alpha value is -2.66. The van der Waals surface area contributed by atoms with Crippen LogP contribution in [0.2, 0.25) is 0 Å². The molecule has 1 fully saturated rings. The zero-order valence-corrected chi connectivity index (χ0v) is 15.7. The van der Waals surface area contributed by atoms with Gasteiger partial charge in [0.15, 0.2) is 5.11 Å². The van der Waals surface area contributed by atoms with E-state index >= 15 is 0 Å². The maximum atomic E-state index is 5.65. The molecule has 1 aliphatic heterocycles. The summed E-state index contributed by atoms with van der Waals surface area (Å²) in [7, 11) is 0. The van der Waals surface area contributed by atoms with E-state index in [0.29, 0.717) is 6.04 Å². The third-order valence-corrected chi connectivity index (χ3v) is 5.13. The van der Waals surface area contributed by atoms with E-state index in [0.717, 1.165) is 16.5 Å². The Balaban J connectivity index is 1.75. The lowest BCUT2D eigenvalue weighted by molar-refractivity contribution is 0.269. The van der Waals surface area contributed by atoms with E-state index < -0.39 is 0 Å². The highest BCUT2D eigenvalue weighted by Gasteiger charge is 2.41. The molecule has 1 saturated heterocycles. The smallest absolute Gasteiger partial charge is 0.170 e. The van der Waals surface area contributed by atoms with Gasteiger partial charge in [0.2, 0.25) is 0 Å². The monoisotopic (exact) mass is 362 g/mol. The molecule has 132 valence electrons. The lowest BCUT2D eigenvalue weighted by atomic mass is 9.98. The van der Waals surface area contributed by atoms with E-state index in [1.165, 1.54) is 5.56 Å². The summed E-state index contributed by atoms with van der Waals surface area (Å²) in [5, 5.41) is 4.27. The zero-order valence-electron chi connectivity index (χ0n) is 14.9. The molecule has 0 amide bonds. The summed E-state index contributed by atoms with van der Waals surface area (Å²) in [4.78, 5) is 6.85. The van der Waals surface area contributed by atoms with Crippen molar-refractivity contribution in [3.8, 4) is 5.69 Å². The molecule has 2 atom stereocenters. The van der Waals surface area contributed by atoms with Gasteiger partial charge in [-0.15, -0.1) is 0 Å². The Morgan fingerprint density at radius 2 is 1.81 bits per heavy atom. The molecule has 1 aromatic carbocycles. The van der Waals surface area contributed by atoms with Crippen LogP contribution >= 0.6 is 12.2 Å². The Kier molecular flexibility index (Phi) is 4.47. The van der Waals surface area contributed by atoms with Crippen LogP contribution in [0.3, 0.4) is 0 Å². The van der Waals surface area contributed by atoms with Crippen LogP contribution in [-0.2, 0) is 0 Å². The third kappa shape index (κ3) is 2.99. The normalized spacial score (nSPS) is 19.8. The number of rotatable bonds is 4. The largest absolute Gasteiger partial charge is 0.352 e. The standard InChI is InChI=1S/C21H22N4S/c1-15(2)25-20(19(23-21(25)26)18-10-6-7-12-22-18)16-11-13-24(14-16)17-8-4-3-5-9-17/h3-15,19-20H,1-2H3,(H,23,26)/t19-,20+/m1/s1. The summed E-state index contributed by atoms with van der Waals surface area (Å²) in [6.07, 6.45) is 6.14. The number of nitrogens with zero attached hydrogens (tertiary/aromatic N) is 3. The molecule has 26 heavy (non-hydrogen) atoms. The number of nitrogens with one attached hydrogen (secondary N) is 1. The quantitative estimate of drug-likeness (QED) is 0.703. The van der Waals surface area contributed by atoms with Crippen LogP contribution in [0.25, 0.3) is 5.69 Å². The van der Waals surface area contributed by atoms with Gasteiger partial charge in [0.05, 0.1) is 17.8 Å². The minimum Gasteiger partial charge on any atom is -0.352 e. The maximum Gasteiger partial charge on any atom is 0.170 e.